The van der Waals surface area contributed by atoms with Gasteiger partial charge in [0.15, 0.2) is 10.8 Å². The summed E-state index contributed by atoms with van der Waals surface area (Å²) in [4.78, 5) is 8.73. The summed E-state index contributed by atoms with van der Waals surface area (Å²) < 4.78 is 73.3. The number of alkyl halides is 3. The summed E-state index contributed by atoms with van der Waals surface area (Å²) >= 11 is 1.84. The number of ether oxygens (including phenoxy) is 1. The van der Waals surface area contributed by atoms with E-state index < -0.39 is 21.8 Å². The molecule has 4 rings (SSSR count). The topological polar surface area (TPSA) is 81.2 Å². The van der Waals surface area contributed by atoms with Gasteiger partial charge in [-0.15, -0.1) is 11.3 Å². The summed E-state index contributed by atoms with van der Waals surface area (Å²) in [6.07, 6.45) is -4.65. The van der Waals surface area contributed by atoms with Crippen molar-refractivity contribution in [3.05, 3.63) is 59.0 Å². The molecule has 0 amide bonds. The maximum Gasteiger partial charge on any atom is 0.417 e. The predicted molar refractivity (Wildman–Crippen MR) is 114 cm³/mol. The summed E-state index contributed by atoms with van der Waals surface area (Å²) in [5.41, 5.74) is -0.172. The quantitative estimate of drug-likeness (QED) is 0.396. The molecule has 0 spiro atoms. The molecule has 0 bridgehead atoms. The van der Waals surface area contributed by atoms with Gasteiger partial charge in [-0.2, -0.15) is 18.2 Å². The fourth-order valence-electron chi connectivity index (χ4n) is 2.82. The lowest BCUT2D eigenvalue weighted by molar-refractivity contribution is -0.136. The average molecular weight is 486 g/mol. The van der Waals surface area contributed by atoms with E-state index >= 15 is 0 Å². The minimum atomic E-state index is -4.65. The standard InChI is InChI=1S/C19H14F3N3O3S3/c1-28-10-11-4-6-12(7-5-11)31(26,27)25-18-24-17-16(30-18)13(19(20,21)22)9-14(23-17)15-3-2-8-29-15/h2-9H,10H2,1H3,(H,23,24,25). The molecule has 31 heavy (non-hydrogen) atoms. The molecule has 1 N–H and O–H groups in total. The summed E-state index contributed by atoms with van der Waals surface area (Å²) in [5.74, 6) is 0. The van der Waals surface area contributed by atoms with Gasteiger partial charge in [0.2, 0.25) is 0 Å². The predicted octanol–water partition coefficient (Wildman–Crippen LogP) is 5.39. The normalized spacial score (nSPS) is 12.4. The smallest absolute Gasteiger partial charge is 0.380 e. The van der Waals surface area contributed by atoms with E-state index in [9.17, 15) is 21.6 Å². The van der Waals surface area contributed by atoms with E-state index in [4.69, 9.17) is 4.74 Å². The second kappa shape index (κ2) is 8.19. The van der Waals surface area contributed by atoms with Gasteiger partial charge in [-0.1, -0.05) is 29.5 Å². The lowest BCUT2D eigenvalue weighted by Crippen LogP contribution is -2.12. The number of thiophene rings is 1. The summed E-state index contributed by atoms with van der Waals surface area (Å²) in [6.45, 7) is 0.323. The van der Waals surface area contributed by atoms with E-state index in [1.165, 1.54) is 30.6 Å². The van der Waals surface area contributed by atoms with Gasteiger partial charge in [0, 0.05) is 7.11 Å². The van der Waals surface area contributed by atoms with Crippen molar-refractivity contribution in [2.45, 2.75) is 17.7 Å². The number of rotatable bonds is 6. The first-order valence-electron chi connectivity index (χ1n) is 8.71. The largest absolute Gasteiger partial charge is 0.417 e. The van der Waals surface area contributed by atoms with Gasteiger partial charge in [0.05, 0.1) is 32.3 Å². The Bertz CT molecular complexity index is 1320. The summed E-state index contributed by atoms with van der Waals surface area (Å²) in [5, 5.41) is 1.53. The van der Waals surface area contributed by atoms with Crippen molar-refractivity contribution in [1.29, 1.82) is 0 Å². The number of benzene rings is 1. The van der Waals surface area contributed by atoms with Crippen LogP contribution < -0.4 is 4.72 Å². The molecule has 0 saturated carbocycles. The highest BCUT2D eigenvalue weighted by atomic mass is 32.2. The molecule has 0 radical (unpaired) electrons. The van der Waals surface area contributed by atoms with Crippen LogP contribution in [0.15, 0.2) is 52.7 Å². The Morgan fingerprint density at radius 3 is 2.48 bits per heavy atom. The van der Waals surface area contributed by atoms with E-state index in [2.05, 4.69) is 14.7 Å². The van der Waals surface area contributed by atoms with Crippen molar-refractivity contribution < 1.29 is 26.3 Å². The van der Waals surface area contributed by atoms with Gasteiger partial charge >= 0.3 is 6.18 Å². The molecule has 0 aliphatic carbocycles. The van der Waals surface area contributed by atoms with Gasteiger partial charge in [-0.25, -0.2) is 13.4 Å². The third kappa shape index (κ3) is 4.56. The van der Waals surface area contributed by atoms with Crippen molar-refractivity contribution in [2.24, 2.45) is 0 Å². The van der Waals surface area contributed by atoms with Crippen LogP contribution in [0.3, 0.4) is 0 Å². The lowest BCUT2D eigenvalue weighted by atomic mass is 10.2. The number of methoxy groups -OCH3 is 1. The monoisotopic (exact) mass is 485 g/mol. The van der Waals surface area contributed by atoms with Crippen LogP contribution in [0, 0.1) is 0 Å². The summed E-state index contributed by atoms with van der Waals surface area (Å²) in [7, 11) is -2.52. The maximum atomic E-state index is 13.7. The van der Waals surface area contributed by atoms with Gasteiger partial charge in [0.25, 0.3) is 10.0 Å². The number of nitrogens with one attached hydrogen (secondary N) is 1. The Hall–Kier alpha value is -2.54. The van der Waals surface area contributed by atoms with Crippen LogP contribution in [-0.2, 0) is 27.5 Å². The molecule has 3 heterocycles. The average Bonchev–Trinajstić information content (AvgIpc) is 3.36. The molecule has 0 atom stereocenters. The fourth-order valence-corrected chi connectivity index (χ4v) is 5.68. The third-order valence-electron chi connectivity index (χ3n) is 4.21. The van der Waals surface area contributed by atoms with Crippen LogP contribution in [0.2, 0.25) is 0 Å². The summed E-state index contributed by atoms with van der Waals surface area (Å²) in [6, 6.07) is 10.3. The Kier molecular flexibility index (Phi) is 5.73. The van der Waals surface area contributed by atoms with E-state index in [0.717, 1.165) is 11.6 Å². The zero-order valence-electron chi connectivity index (χ0n) is 15.8. The van der Waals surface area contributed by atoms with Gasteiger partial charge < -0.3 is 4.74 Å². The molecular formula is C19H14F3N3O3S3. The molecule has 12 heteroatoms. The first-order valence-corrected chi connectivity index (χ1v) is 11.9. The maximum absolute atomic E-state index is 13.7. The molecule has 162 valence electrons. The van der Waals surface area contributed by atoms with E-state index in [0.29, 0.717) is 22.8 Å². The zero-order valence-corrected chi connectivity index (χ0v) is 18.3. The highest BCUT2D eigenvalue weighted by Gasteiger charge is 2.35. The lowest BCUT2D eigenvalue weighted by Gasteiger charge is -2.08. The molecule has 0 fully saturated rings. The number of anilines is 1. The highest BCUT2D eigenvalue weighted by molar-refractivity contribution is 7.93. The number of halogens is 3. The van der Waals surface area contributed by atoms with Crippen molar-refractivity contribution in [1.82, 2.24) is 9.97 Å². The van der Waals surface area contributed by atoms with Gasteiger partial charge in [0.1, 0.15) is 0 Å². The van der Waals surface area contributed by atoms with Crippen LogP contribution in [0.1, 0.15) is 11.1 Å². The van der Waals surface area contributed by atoms with Crippen LogP contribution >= 0.6 is 22.7 Å². The molecule has 3 aromatic heterocycles. The zero-order chi connectivity index (χ0) is 22.2. The van der Waals surface area contributed by atoms with Crippen LogP contribution in [0.5, 0.6) is 0 Å². The van der Waals surface area contributed by atoms with Crippen molar-refractivity contribution in [2.75, 3.05) is 11.8 Å². The number of thiazole rings is 1. The second-order valence-electron chi connectivity index (χ2n) is 6.38. The molecule has 6 nitrogen and oxygen atoms in total. The van der Waals surface area contributed by atoms with Crippen molar-refractivity contribution >= 4 is 48.2 Å². The van der Waals surface area contributed by atoms with E-state index in [-0.39, 0.29) is 26.1 Å². The third-order valence-corrected chi connectivity index (χ3v) is 7.58. The molecular weight excluding hydrogens is 471 g/mol. The number of hydrogen-bond donors (Lipinski definition) is 1. The van der Waals surface area contributed by atoms with Crippen molar-refractivity contribution in [3.63, 3.8) is 0 Å². The Morgan fingerprint density at radius 1 is 1.13 bits per heavy atom. The molecule has 0 unspecified atom stereocenters. The number of hydrogen-bond acceptors (Lipinski definition) is 7. The first kappa shape index (κ1) is 21.7. The van der Waals surface area contributed by atoms with Gasteiger partial charge in [-0.3, -0.25) is 4.72 Å². The first-order chi connectivity index (χ1) is 14.7. The van der Waals surface area contributed by atoms with E-state index in [1.54, 1.807) is 29.6 Å². The Morgan fingerprint density at radius 2 is 1.87 bits per heavy atom. The molecule has 0 aliphatic rings. The molecule has 0 aliphatic heterocycles. The Balaban J connectivity index is 1.73. The highest BCUT2D eigenvalue weighted by Crippen LogP contribution is 2.41. The number of fused-ring (bicyclic) bond motifs is 1. The van der Waals surface area contributed by atoms with E-state index in [1.807, 2.05) is 0 Å². The number of sulfonamides is 1. The van der Waals surface area contributed by atoms with Crippen LogP contribution in [0.25, 0.3) is 20.9 Å². The second-order valence-corrected chi connectivity index (χ2v) is 10.0. The number of aromatic nitrogens is 2. The van der Waals surface area contributed by atoms with Crippen LogP contribution in [-0.4, -0.2) is 25.5 Å². The molecule has 0 saturated heterocycles. The van der Waals surface area contributed by atoms with Crippen molar-refractivity contribution in [3.8, 4) is 10.6 Å². The number of nitrogens with zero attached hydrogens (tertiary/aromatic N) is 2. The SMILES string of the molecule is COCc1ccc(S(=O)(=O)Nc2nc3nc(-c4cccs4)cc(C(F)(F)F)c3s2)cc1. The number of pyridine rings is 1. The molecule has 4 aromatic rings. The minimum absolute atomic E-state index is 0.0464. The molecule has 1 aromatic carbocycles. The Labute approximate surface area is 183 Å². The minimum Gasteiger partial charge on any atom is -0.380 e. The van der Waals surface area contributed by atoms with Gasteiger partial charge in [-0.05, 0) is 35.2 Å². The fraction of sp³-hybridized carbons (Fsp3) is 0.158. The van der Waals surface area contributed by atoms with Crippen LogP contribution in [0.4, 0.5) is 18.3 Å².